The minimum atomic E-state index is -0.984. The zero-order valence-corrected chi connectivity index (χ0v) is 9.81. The number of hydrogen-bond acceptors (Lipinski definition) is 2. The van der Waals surface area contributed by atoms with E-state index >= 15 is 0 Å². The summed E-state index contributed by atoms with van der Waals surface area (Å²) in [6.07, 6.45) is 1.80. The third-order valence-corrected chi connectivity index (χ3v) is 4.26. The monoisotopic (exact) mass is 259 g/mol. The Balaban J connectivity index is 2.08. The molecule has 3 atom stereocenters. The van der Waals surface area contributed by atoms with E-state index < -0.39 is 18.0 Å². The molecule has 1 aliphatic heterocycles. The third-order valence-electron chi connectivity index (χ3n) is 3.88. The van der Waals surface area contributed by atoms with Gasteiger partial charge in [0.15, 0.2) is 0 Å². The summed E-state index contributed by atoms with van der Waals surface area (Å²) in [6.45, 7) is -0.655. The molecule has 92 valence electrons. The summed E-state index contributed by atoms with van der Waals surface area (Å²) >= 11 is 5.94. The molecule has 0 amide bonds. The fraction of sp³-hybridized carbons (Fsp3) is 0.500. The zero-order valence-electron chi connectivity index (χ0n) is 9.05. The standard InChI is InChI=1S/C12H12ClF2NO/c13-11-8(2-1-3-9(11)15)12(6-14)7-4-5-10(7)17-16-12/h1-3,7,10,16H,4-6H2. The second-order valence-corrected chi connectivity index (χ2v) is 5.03. The van der Waals surface area contributed by atoms with Crippen LogP contribution in [0.15, 0.2) is 18.2 Å². The van der Waals surface area contributed by atoms with Crippen LogP contribution in [0.25, 0.3) is 0 Å². The van der Waals surface area contributed by atoms with E-state index in [0.717, 1.165) is 12.8 Å². The summed E-state index contributed by atoms with van der Waals surface area (Å²) in [4.78, 5) is 5.34. The van der Waals surface area contributed by atoms with Crippen molar-refractivity contribution in [2.24, 2.45) is 5.92 Å². The Morgan fingerprint density at radius 3 is 2.88 bits per heavy atom. The largest absolute Gasteiger partial charge is 0.297 e. The normalized spacial score (nSPS) is 35.5. The lowest BCUT2D eigenvalue weighted by molar-refractivity contribution is -0.0180. The molecule has 0 radical (unpaired) electrons. The molecular formula is C12H12ClF2NO. The van der Waals surface area contributed by atoms with E-state index in [1.807, 2.05) is 0 Å². The van der Waals surface area contributed by atoms with Gasteiger partial charge in [-0.05, 0) is 24.5 Å². The van der Waals surface area contributed by atoms with E-state index in [2.05, 4.69) is 5.48 Å². The molecule has 1 saturated heterocycles. The molecule has 1 heterocycles. The van der Waals surface area contributed by atoms with E-state index in [-0.39, 0.29) is 17.0 Å². The molecule has 1 aromatic carbocycles. The number of hydroxylamine groups is 1. The van der Waals surface area contributed by atoms with Crippen molar-refractivity contribution in [2.45, 2.75) is 24.5 Å². The first kappa shape index (κ1) is 11.4. The predicted molar refractivity (Wildman–Crippen MR) is 59.8 cm³/mol. The van der Waals surface area contributed by atoms with Crippen molar-refractivity contribution >= 4 is 11.6 Å². The van der Waals surface area contributed by atoms with E-state index in [0.29, 0.717) is 5.56 Å². The highest BCUT2D eigenvalue weighted by molar-refractivity contribution is 6.31. The van der Waals surface area contributed by atoms with E-state index in [1.54, 1.807) is 12.1 Å². The van der Waals surface area contributed by atoms with Crippen molar-refractivity contribution in [3.05, 3.63) is 34.6 Å². The number of hydrogen-bond donors (Lipinski definition) is 1. The quantitative estimate of drug-likeness (QED) is 0.882. The zero-order chi connectivity index (χ0) is 12.0. The van der Waals surface area contributed by atoms with Crippen molar-refractivity contribution in [3.8, 4) is 0 Å². The summed E-state index contributed by atoms with van der Waals surface area (Å²) in [5.41, 5.74) is 2.21. The molecule has 0 aromatic heterocycles. The van der Waals surface area contributed by atoms with Crippen LogP contribution in [0, 0.1) is 11.7 Å². The van der Waals surface area contributed by atoms with Crippen LogP contribution < -0.4 is 5.48 Å². The molecule has 0 bridgehead atoms. The Morgan fingerprint density at radius 2 is 2.29 bits per heavy atom. The molecule has 2 fully saturated rings. The fourth-order valence-corrected chi connectivity index (χ4v) is 3.03. The first-order valence-electron chi connectivity index (χ1n) is 5.62. The lowest BCUT2D eigenvalue weighted by Gasteiger charge is -2.38. The third kappa shape index (κ3) is 1.44. The van der Waals surface area contributed by atoms with Gasteiger partial charge in [0.25, 0.3) is 0 Å². The van der Waals surface area contributed by atoms with Gasteiger partial charge < -0.3 is 0 Å². The highest BCUT2D eigenvalue weighted by Gasteiger charge is 2.56. The van der Waals surface area contributed by atoms with E-state index in [1.165, 1.54) is 6.07 Å². The van der Waals surface area contributed by atoms with E-state index in [4.69, 9.17) is 16.4 Å². The van der Waals surface area contributed by atoms with Crippen LogP contribution in [-0.2, 0) is 10.4 Å². The molecule has 0 spiro atoms. The van der Waals surface area contributed by atoms with Crippen LogP contribution in [-0.4, -0.2) is 12.8 Å². The summed E-state index contributed by atoms with van der Waals surface area (Å²) in [5.74, 6) is -0.492. The van der Waals surface area contributed by atoms with Gasteiger partial charge in [-0.25, -0.2) is 8.78 Å². The average Bonchev–Trinajstić information content (AvgIpc) is 2.54. The lowest BCUT2D eigenvalue weighted by Crippen LogP contribution is -2.47. The minimum Gasteiger partial charge on any atom is -0.297 e. The highest BCUT2D eigenvalue weighted by Crippen LogP contribution is 2.50. The molecule has 1 aromatic rings. The van der Waals surface area contributed by atoms with Crippen LogP contribution in [0.3, 0.4) is 0 Å². The lowest BCUT2D eigenvalue weighted by atomic mass is 9.67. The fourth-order valence-electron chi connectivity index (χ4n) is 2.73. The predicted octanol–water partition coefficient (Wildman–Crippen LogP) is 2.96. The van der Waals surface area contributed by atoms with Crippen molar-refractivity contribution in [3.63, 3.8) is 0 Å². The molecule has 2 nitrogen and oxygen atoms in total. The number of benzene rings is 1. The second kappa shape index (κ2) is 3.90. The van der Waals surface area contributed by atoms with Gasteiger partial charge in [0.2, 0.25) is 0 Å². The number of nitrogens with one attached hydrogen (secondary N) is 1. The van der Waals surface area contributed by atoms with Gasteiger partial charge in [-0.2, -0.15) is 5.48 Å². The van der Waals surface area contributed by atoms with Crippen molar-refractivity contribution in [1.29, 1.82) is 0 Å². The molecule has 5 heteroatoms. The highest BCUT2D eigenvalue weighted by atomic mass is 35.5. The summed E-state index contributed by atoms with van der Waals surface area (Å²) in [5, 5.41) is -0.0196. The van der Waals surface area contributed by atoms with Crippen LogP contribution in [0.1, 0.15) is 18.4 Å². The molecule has 2 aliphatic rings. The minimum absolute atomic E-state index is 0.0186. The van der Waals surface area contributed by atoms with Gasteiger partial charge in [-0.15, -0.1) is 0 Å². The number of fused-ring (bicyclic) bond motifs is 1. The summed E-state index contributed by atoms with van der Waals surface area (Å²) in [7, 11) is 0. The first-order valence-corrected chi connectivity index (χ1v) is 6.00. The Labute approximate surface area is 103 Å². The van der Waals surface area contributed by atoms with E-state index in [9.17, 15) is 8.78 Å². The molecule has 1 saturated carbocycles. The summed E-state index contributed by atoms with van der Waals surface area (Å²) < 4.78 is 26.9. The topological polar surface area (TPSA) is 21.3 Å². The Bertz CT molecular complexity index is 456. The molecule has 1 N–H and O–H groups in total. The maximum absolute atomic E-state index is 13.5. The Hall–Kier alpha value is -0.710. The second-order valence-electron chi connectivity index (χ2n) is 4.65. The number of halogens is 3. The Morgan fingerprint density at radius 1 is 1.47 bits per heavy atom. The molecule has 17 heavy (non-hydrogen) atoms. The van der Waals surface area contributed by atoms with Gasteiger partial charge in [0, 0.05) is 5.92 Å². The van der Waals surface area contributed by atoms with Gasteiger partial charge in [0.1, 0.15) is 18.0 Å². The van der Waals surface area contributed by atoms with Crippen LogP contribution in [0.5, 0.6) is 0 Å². The molecule has 1 aliphatic carbocycles. The average molecular weight is 260 g/mol. The van der Waals surface area contributed by atoms with Crippen molar-refractivity contribution in [1.82, 2.24) is 5.48 Å². The maximum atomic E-state index is 13.5. The van der Waals surface area contributed by atoms with Gasteiger partial charge in [-0.1, -0.05) is 23.7 Å². The SMILES string of the molecule is FCC1(c2cccc(F)c2Cl)NOC2CCC21. The number of alkyl halides is 1. The van der Waals surface area contributed by atoms with Gasteiger partial charge in [0.05, 0.1) is 11.1 Å². The number of rotatable bonds is 2. The van der Waals surface area contributed by atoms with Crippen LogP contribution in [0.2, 0.25) is 5.02 Å². The van der Waals surface area contributed by atoms with Crippen molar-refractivity contribution in [2.75, 3.05) is 6.67 Å². The first-order chi connectivity index (χ1) is 8.19. The summed E-state index contributed by atoms with van der Waals surface area (Å²) in [6, 6.07) is 4.47. The van der Waals surface area contributed by atoms with Crippen LogP contribution in [0.4, 0.5) is 8.78 Å². The molecule has 3 unspecified atom stereocenters. The maximum Gasteiger partial charge on any atom is 0.142 e. The smallest absolute Gasteiger partial charge is 0.142 e. The Kier molecular flexibility index (Phi) is 2.61. The molecule has 3 rings (SSSR count). The molecular weight excluding hydrogens is 248 g/mol. The van der Waals surface area contributed by atoms with Crippen molar-refractivity contribution < 1.29 is 13.6 Å². The van der Waals surface area contributed by atoms with Gasteiger partial charge >= 0.3 is 0 Å². The van der Waals surface area contributed by atoms with Crippen LogP contribution >= 0.6 is 11.6 Å². The van der Waals surface area contributed by atoms with Gasteiger partial charge in [-0.3, -0.25) is 4.84 Å².